The fraction of sp³-hybridized carbons (Fsp3) is 0.538. The Morgan fingerprint density at radius 2 is 1.94 bits per heavy atom. The zero-order chi connectivity index (χ0) is 11.7. The minimum absolute atomic E-state index is 0.595. The Bertz CT molecular complexity index is 350. The fourth-order valence-corrected chi connectivity index (χ4v) is 2.14. The van der Waals surface area contributed by atoms with Gasteiger partial charge in [-0.3, -0.25) is 0 Å². The molecule has 16 heavy (non-hydrogen) atoms. The van der Waals surface area contributed by atoms with Crippen LogP contribution < -0.4 is 5.46 Å². The summed E-state index contributed by atoms with van der Waals surface area (Å²) in [6, 6.07) is 6.08. The van der Waals surface area contributed by atoms with Crippen LogP contribution in [-0.4, -0.2) is 17.2 Å². The standard InChI is InChI=1S/C13H19BO2/c1-9(2)5-10-6-12(11-3-4-11)8-13(7-10)14(15)16/h6-9,11,15-16H,3-5H2,1-2H3. The Hall–Kier alpha value is -0.795. The molecule has 86 valence electrons. The third-order valence-electron chi connectivity index (χ3n) is 3.03. The smallest absolute Gasteiger partial charge is 0.423 e. The first-order chi connectivity index (χ1) is 7.56. The van der Waals surface area contributed by atoms with Gasteiger partial charge in [-0.1, -0.05) is 32.0 Å². The normalized spacial score (nSPS) is 15.6. The molecule has 0 radical (unpaired) electrons. The molecule has 0 saturated heterocycles. The first-order valence-electron chi connectivity index (χ1n) is 6.06. The van der Waals surface area contributed by atoms with E-state index in [1.165, 1.54) is 24.0 Å². The van der Waals surface area contributed by atoms with E-state index in [9.17, 15) is 10.0 Å². The second-order valence-corrected chi connectivity index (χ2v) is 5.25. The molecule has 0 heterocycles. The Morgan fingerprint density at radius 3 is 2.44 bits per heavy atom. The average Bonchev–Trinajstić information content (AvgIpc) is 2.98. The Balaban J connectivity index is 2.28. The highest BCUT2D eigenvalue weighted by Crippen LogP contribution is 2.40. The number of rotatable bonds is 4. The SMILES string of the molecule is CC(C)Cc1cc(B(O)O)cc(C2CC2)c1. The highest BCUT2D eigenvalue weighted by Gasteiger charge is 2.25. The Morgan fingerprint density at radius 1 is 1.25 bits per heavy atom. The summed E-state index contributed by atoms with van der Waals surface area (Å²) in [4.78, 5) is 0. The molecule has 1 aliphatic rings. The molecule has 2 rings (SSSR count). The lowest BCUT2D eigenvalue weighted by Gasteiger charge is -2.10. The van der Waals surface area contributed by atoms with E-state index in [4.69, 9.17) is 0 Å². The van der Waals surface area contributed by atoms with Crippen molar-refractivity contribution in [2.45, 2.75) is 39.0 Å². The third-order valence-corrected chi connectivity index (χ3v) is 3.03. The van der Waals surface area contributed by atoms with Crippen molar-refractivity contribution >= 4 is 12.6 Å². The lowest BCUT2D eigenvalue weighted by Crippen LogP contribution is -2.30. The third kappa shape index (κ3) is 2.86. The van der Waals surface area contributed by atoms with E-state index in [0.29, 0.717) is 17.3 Å². The van der Waals surface area contributed by atoms with Gasteiger partial charge in [0, 0.05) is 0 Å². The van der Waals surface area contributed by atoms with Crippen molar-refractivity contribution in [1.29, 1.82) is 0 Å². The van der Waals surface area contributed by atoms with Crippen molar-refractivity contribution in [2.75, 3.05) is 0 Å². The van der Waals surface area contributed by atoms with Crippen molar-refractivity contribution in [1.82, 2.24) is 0 Å². The van der Waals surface area contributed by atoms with E-state index in [1.54, 1.807) is 0 Å². The molecule has 1 aliphatic carbocycles. The van der Waals surface area contributed by atoms with Crippen LogP contribution in [0, 0.1) is 5.92 Å². The first-order valence-corrected chi connectivity index (χ1v) is 6.06. The Labute approximate surface area is 97.5 Å². The van der Waals surface area contributed by atoms with E-state index in [0.717, 1.165) is 6.42 Å². The van der Waals surface area contributed by atoms with Crippen molar-refractivity contribution in [3.63, 3.8) is 0 Å². The van der Waals surface area contributed by atoms with Crippen molar-refractivity contribution in [3.05, 3.63) is 29.3 Å². The number of hydrogen-bond donors (Lipinski definition) is 2. The summed E-state index contributed by atoms with van der Waals surface area (Å²) < 4.78 is 0. The fourth-order valence-electron chi connectivity index (χ4n) is 2.14. The van der Waals surface area contributed by atoms with Crippen molar-refractivity contribution in [2.24, 2.45) is 5.92 Å². The largest absolute Gasteiger partial charge is 0.488 e. The molecular weight excluding hydrogens is 199 g/mol. The average molecular weight is 218 g/mol. The van der Waals surface area contributed by atoms with Gasteiger partial charge in [-0.2, -0.15) is 0 Å². The minimum atomic E-state index is -1.34. The minimum Gasteiger partial charge on any atom is -0.423 e. The van der Waals surface area contributed by atoms with Crippen LogP contribution >= 0.6 is 0 Å². The van der Waals surface area contributed by atoms with Gasteiger partial charge >= 0.3 is 7.12 Å². The molecule has 0 unspecified atom stereocenters. The summed E-state index contributed by atoms with van der Waals surface area (Å²) in [6.45, 7) is 4.36. The van der Waals surface area contributed by atoms with Crippen LogP contribution in [0.1, 0.15) is 43.7 Å². The molecule has 1 aromatic carbocycles. The summed E-state index contributed by atoms with van der Waals surface area (Å²) in [5.41, 5.74) is 3.14. The van der Waals surface area contributed by atoms with Crippen LogP contribution in [0.2, 0.25) is 0 Å². The molecule has 0 amide bonds. The quantitative estimate of drug-likeness (QED) is 0.750. The monoisotopic (exact) mass is 218 g/mol. The maximum Gasteiger partial charge on any atom is 0.488 e. The number of hydrogen-bond acceptors (Lipinski definition) is 2. The molecule has 0 aliphatic heterocycles. The van der Waals surface area contributed by atoms with E-state index in [1.807, 2.05) is 12.1 Å². The summed E-state index contributed by atoms with van der Waals surface area (Å²) in [5, 5.41) is 18.5. The van der Waals surface area contributed by atoms with Crippen molar-refractivity contribution in [3.8, 4) is 0 Å². The zero-order valence-corrected chi connectivity index (χ0v) is 9.98. The van der Waals surface area contributed by atoms with Crippen LogP contribution in [0.3, 0.4) is 0 Å². The van der Waals surface area contributed by atoms with Crippen LogP contribution in [0.15, 0.2) is 18.2 Å². The lowest BCUT2D eigenvalue weighted by molar-refractivity contribution is 0.425. The summed E-state index contributed by atoms with van der Waals surface area (Å²) in [7, 11) is -1.34. The second kappa shape index (κ2) is 4.60. The van der Waals surface area contributed by atoms with Gasteiger partial charge in [0.05, 0.1) is 0 Å². The number of benzene rings is 1. The van der Waals surface area contributed by atoms with Gasteiger partial charge in [0.15, 0.2) is 0 Å². The molecule has 1 fully saturated rings. The summed E-state index contributed by atoms with van der Waals surface area (Å²) >= 11 is 0. The Kier molecular flexibility index (Phi) is 3.36. The van der Waals surface area contributed by atoms with Gasteiger partial charge in [-0.05, 0) is 47.7 Å². The highest BCUT2D eigenvalue weighted by atomic mass is 16.4. The maximum absolute atomic E-state index is 9.26. The van der Waals surface area contributed by atoms with E-state index in [2.05, 4.69) is 19.9 Å². The summed E-state index contributed by atoms with van der Waals surface area (Å²) in [6.07, 6.45) is 3.48. The molecule has 0 aromatic heterocycles. The molecule has 0 atom stereocenters. The molecule has 1 aromatic rings. The van der Waals surface area contributed by atoms with Crippen LogP contribution in [0.5, 0.6) is 0 Å². The molecule has 2 N–H and O–H groups in total. The maximum atomic E-state index is 9.26. The highest BCUT2D eigenvalue weighted by molar-refractivity contribution is 6.58. The predicted molar refractivity (Wildman–Crippen MR) is 66.8 cm³/mol. The van der Waals surface area contributed by atoms with Gasteiger partial charge < -0.3 is 10.0 Å². The molecule has 3 heteroatoms. The van der Waals surface area contributed by atoms with Gasteiger partial charge in [-0.15, -0.1) is 0 Å². The lowest BCUT2D eigenvalue weighted by atomic mass is 9.77. The van der Waals surface area contributed by atoms with Gasteiger partial charge in [0.25, 0.3) is 0 Å². The predicted octanol–water partition coefficient (Wildman–Crippen LogP) is 1.44. The van der Waals surface area contributed by atoms with Gasteiger partial charge in [0.1, 0.15) is 0 Å². The van der Waals surface area contributed by atoms with Crippen molar-refractivity contribution < 1.29 is 10.0 Å². The van der Waals surface area contributed by atoms with E-state index in [-0.39, 0.29) is 0 Å². The molecular formula is C13H19BO2. The summed E-state index contributed by atoms with van der Waals surface area (Å²) in [5.74, 6) is 1.25. The van der Waals surface area contributed by atoms with Crippen LogP contribution in [0.25, 0.3) is 0 Å². The zero-order valence-electron chi connectivity index (χ0n) is 9.98. The van der Waals surface area contributed by atoms with Crippen LogP contribution in [-0.2, 0) is 6.42 Å². The molecule has 1 saturated carbocycles. The van der Waals surface area contributed by atoms with E-state index < -0.39 is 7.12 Å². The topological polar surface area (TPSA) is 40.5 Å². The molecule has 2 nitrogen and oxygen atoms in total. The van der Waals surface area contributed by atoms with Gasteiger partial charge in [0.2, 0.25) is 0 Å². The second-order valence-electron chi connectivity index (χ2n) is 5.25. The first kappa shape index (κ1) is 11.7. The molecule has 0 spiro atoms. The van der Waals surface area contributed by atoms with E-state index >= 15 is 0 Å². The van der Waals surface area contributed by atoms with Gasteiger partial charge in [-0.25, -0.2) is 0 Å². The van der Waals surface area contributed by atoms with Crippen LogP contribution in [0.4, 0.5) is 0 Å². The molecule has 0 bridgehead atoms.